The largest absolute Gasteiger partial charge is 0.370 e. The summed E-state index contributed by atoms with van der Waals surface area (Å²) < 4.78 is 0. The Morgan fingerprint density at radius 2 is 2.06 bits per heavy atom. The van der Waals surface area contributed by atoms with Crippen LogP contribution in [0.25, 0.3) is 0 Å². The highest BCUT2D eigenvalue weighted by Crippen LogP contribution is 2.20. The number of hydrogen-bond donors (Lipinski definition) is 1. The third kappa shape index (κ3) is 3.43. The second kappa shape index (κ2) is 6.40. The van der Waals surface area contributed by atoms with Crippen molar-refractivity contribution in [2.24, 2.45) is 5.92 Å². The number of benzene rings is 1. The normalized spacial score (nSPS) is 12.2. The molecular formula is C13H17ClN2. The van der Waals surface area contributed by atoms with Gasteiger partial charge in [0.25, 0.3) is 0 Å². The zero-order valence-electron chi connectivity index (χ0n) is 9.70. The van der Waals surface area contributed by atoms with Gasteiger partial charge in [-0.3, -0.25) is 0 Å². The number of anilines is 1. The third-order valence-corrected chi connectivity index (χ3v) is 3.04. The lowest BCUT2D eigenvalue weighted by atomic mass is 9.95. The summed E-state index contributed by atoms with van der Waals surface area (Å²) in [5.41, 5.74) is 0.908. The smallest absolute Gasteiger partial charge is 0.117 e. The van der Waals surface area contributed by atoms with Crippen LogP contribution in [0.3, 0.4) is 0 Å². The Morgan fingerprint density at radius 1 is 1.38 bits per heavy atom. The van der Waals surface area contributed by atoms with Gasteiger partial charge in [0.1, 0.15) is 6.04 Å². The molecule has 1 aromatic carbocycles. The van der Waals surface area contributed by atoms with Gasteiger partial charge in [0.2, 0.25) is 0 Å². The first-order valence-electron chi connectivity index (χ1n) is 5.63. The van der Waals surface area contributed by atoms with E-state index in [1.54, 1.807) is 0 Å². The lowest BCUT2D eigenvalue weighted by molar-refractivity contribution is 0.469. The van der Waals surface area contributed by atoms with Crippen molar-refractivity contribution in [1.82, 2.24) is 0 Å². The van der Waals surface area contributed by atoms with Crippen LogP contribution in [-0.4, -0.2) is 6.04 Å². The Hall–Kier alpha value is -1.20. The summed E-state index contributed by atoms with van der Waals surface area (Å²) in [6.45, 7) is 4.22. The van der Waals surface area contributed by atoms with E-state index in [-0.39, 0.29) is 6.04 Å². The second-order valence-electron chi connectivity index (χ2n) is 3.84. The van der Waals surface area contributed by atoms with Crippen molar-refractivity contribution in [2.45, 2.75) is 32.7 Å². The minimum absolute atomic E-state index is 0.145. The van der Waals surface area contributed by atoms with E-state index in [4.69, 9.17) is 16.9 Å². The summed E-state index contributed by atoms with van der Waals surface area (Å²) >= 11 is 5.90. The van der Waals surface area contributed by atoms with Crippen LogP contribution in [0.2, 0.25) is 5.02 Å². The van der Waals surface area contributed by atoms with E-state index in [0.717, 1.165) is 18.5 Å². The van der Waals surface area contributed by atoms with Crippen LogP contribution in [0.15, 0.2) is 24.3 Å². The molecule has 16 heavy (non-hydrogen) atoms. The van der Waals surface area contributed by atoms with Crippen molar-refractivity contribution < 1.29 is 0 Å². The summed E-state index contributed by atoms with van der Waals surface area (Å²) in [7, 11) is 0. The van der Waals surface area contributed by atoms with Crippen molar-refractivity contribution in [1.29, 1.82) is 5.26 Å². The molecule has 0 fully saturated rings. The van der Waals surface area contributed by atoms with Gasteiger partial charge in [-0.25, -0.2) is 0 Å². The van der Waals surface area contributed by atoms with Crippen molar-refractivity contribution in [3.63, 3.8) is 0 Å². The van der Waals surface area contributed by atoms with E-state index in [2.05, 4.69) is 25.2 Å². The van der Waals surface area contributed by atoms with E-state index < -0.39 is 0 Å². The summed E-state index contributed by atoms with van der Waals surface area (Å²) in [4.78, 5) is 0. The van der Waals surface area contributed by atoms with Crippen LogP contribution < -0.4 is 5.32 Å². The Kier molecular flexibility index (Phi) is 5.14. The molecule has 0 aromatic heterocycles. The number of nitrogens with one attached hydrogen (secondary N) is 1. The van der Waals surface area contributed by atoms with Crippen molar-refractivity contribution in [3.8, 4) is 6.07 Å². The molecule has 0 aliphatic heterocycles. The summed E-state index contributed by atoms with van der Waals surface area (Å²) in [6.07, 6.45) is 2.00. The SMILES string of the molecule is CCC(CC)C(C#N)Nc1cccc(Cl)c1. The van der Waals surface area contributed by atoms with Crippen molar-refractivity contribution in [3.05, 3.63) is 29.3 Å². The molecule has 1 atom stereocenters. The number of halogens is 1. The van der Waals surface area contributed by atoms with Crippen LogP contribution in [0.1, 0.15) is 26.7 Å². The minimum atomic E-state index is -0.145. The molecule has 0 aliphatic carbocycles. The highest BCUT2D eigenvalue weighted by Gasteiger charge is 2.17. The van der Waals surface area contributed by atoms with Crippen LogP contribution in [0.4, 0.5) is 5.69 Å². The first-order valence-corrected chi connectivity index (χ1v) is 6.00. The zero-order chi connectivity index (χ0) is 12.0. The Morgan fingerprint density at radius 3 is 2.56 bits per heavy atom. The molecule has 0 saturated heterocycles. The fraction of sp³-hybridized carbons (Fsp3) is 0.462. The summed E-state index contributed by atoms with van der Waals surface area (Å²) in [5, 5.41) is 13.1. The molecule has 2 nitrogen and oxygen atoms in total. The van der Waals surface area contributed by atoms with Gasteiger partial charge in [-0.15, -0.1) is 0 Å². The molecule has 0 bridgehead atoms. The van der Waals surface area contributed by atoms with Gasteiger partial charge < -0.3 is 5.32 Å². The lowest BCUT2D eigenvalue weighted by Crippen LogP contribution is -2.26. The first kappa shape index (κ1) is 12.9. The molecule has 0 amide bonds. The number of nitrogens with zero attached hydrogens (tertiary/aromatic N) is 1. The average Bonchev–Trinajstić information content (AvgIpc) is 2.29. The van der Waals surface area contributed by atoms with E-state index in [1.165, 1.54) is 0 Å². The first-order chi connectivity index (χ1) is 7.71. The molecule has 0 heterocycles. The van der Waals surface area contributed by atoms with Crippen molar-refractivity contribution in [2.75, 3.05) is 5.32 Å². The van der Waals surface area contributed by atoms with E-state index in [9.17, 15) is 0 Å². The van der Waals surface area contributed by atoms with Gasteiger partial charge in [-0.1, -0.05) is 44.4 Å². The molecule has 1 rings (SSSR count). The van der Waals surface area contributed by atoms with Crippen LogP contribution >= 0.6 is 11.6 Å². The fourth-order valence-corrected chi connectivity index (χ4v) is 1.96. The van der Waals surface area contributed by atoms with Gasteiger partial charge in [0.15, 0.2) is 0 Å². The van der Waals surface area contributed by atoms with E-state index in [0.29, 0.717) is 10.9 Å². The molecule has 1 aromatic rings. The molecular weight excluding hydrogens is 220 g/mol. The maximum absolute atomic E-state index is 9.14. The maximum atomic E-state index is 9.14. The quantitative estimate of drug-likeness (QED) is 0.836. The van der Waals surface area contributed by atoms with Gasteiger partial charge >= 0.3 is 0 Å². The van der Waals surface area contributed by atoms with Gasteiger partial charge in [0.05, 0.1) is 6.07 Å². The van der Waals surface area contributed by atoms with Crippen LogP contribution in [0, 0.1) is 17.2 Å². The molecule has 0 spiro atoms. The third-order valence-electron chi connectivity index (χ3n) is 2.81. The zero-order valence-corrected chi connectivity index (χ0v) is 10.5. The summed E-state index contributed by atoms with van der Waals surface area (Å²) in [6, 6.07) is 9.65. The molecule has 1 unspecified atom stereocenters. The molecule has 86 valence electrons. The topological polar surface area (TPSA) is 35.8 Å². The predicted octanol–water partition coefficient (Wildman–Crippen LogP) is 4.08. The molecule has 1 N–H and O–H groups in total. The maximum Gasteiger partial charge on any atom is 0.117 e. The fourth-order valence-electron chi connectivity index (χ4n) is 1.77. The Labute approximate surface area is 102 Å². The standard InChI is InChI=1S/C13H17ClN2/c1-3-10(4-2)13(9-15)16-12-7-5-6-11(14)8-12/h5-8,10,13,16H,3-4H2,1-2H3. The van der Waals surface area contributed by atoms with E-state index >= 15 is 0 Å². The molecule has 0 radical (unpaired) electrons. The molecule has 0 saturated carbocycles. The monoisotopic (exact) mass is 236 g/mol. The average molecular weight is 237 g/mol. The van der Waals surface area contributed by atoms with Gasteiger partial charge in [-0.05, 0) is 24.1 Å². The second-order valence-corrected chi connectivity index (χ2v) is 4.27. The lowest BCUT2D eigenvalue weighted by Gasteiger charge is -2.21. The van der Waals surface area contributed by atoms with Crippen LogP contribution in [-0.2, 0) is 0 Å². The highest BCUT2D eigenvalue weighted by atomic mass is 35.5. The minimum Gasteiger partial charge on any atom is -0.370 e. The molecule has 3 heteroatoms. The van der Waals surface area contributed by atoms with Crippen molar-refractivity contribution >= 4 is 17.3 Å². The van der Waals surface area contributed by atoms with Gasteiger partial charge in [0, 0.05) is 10.7 Å². The Bertz CT molecular complexity index is 366. The number of rotatable bonds is 5. The van der Waals surface area contributed by atoms with Gasteiger partial charge in [-0.2, -0.15) is 5.26 Å². The molecule has 0 aliphatic rings. The Balaban J connectivity index is 2.74. The summed E-state index contributed by atoms with van der Waals surface area (Å²) in [5.74, 6) is 0.379. The van der Waals surface area contributed by atoms with E-state index in [1.807, 2.05) is 24.3 Å². The highest BCUT2D eigenvalue weighted by molar-refractivity contribution is 6.30. The number of nitriles is 1. The number of hydrogen-bond acceptors (Lipinski definition) is 2. The predicted molar refractivity (Wildman–Crippen MR) is 68.5 cm³/mol. The van der Waals surface area contributed by atoms with Crippen LogP contribution in [0.5, 0.6) is 0 Å².